The van der Waals surface area contributed by atoms with Gasteiger partial charge in [0.1, 0.15) is 34.2 Å². The van der Waals surface area contributed by atoms with Gasteiger partial charge in [-0.3, -0.25) is 0 Å². The molecule has 0 amide bonds. The molecule has 0 N–H and O–H groups in total. The van der Waals surface area contributed by atoms with Crippen LogP contribution in [0, 0.1) is 18.3 Å². The quantitative estimate of drug-likeness (QED) is 0.192. The number of carbonyl (C=O) groups is 1. The van der Waals surface area contributed by atoms with Gasteiger partial charge in [-0.15, -0.1) is 11.8 Å². The molecule has 0 bridgehead atoms. The van der Waals surface area contributed by atoms with Gasteiger partial charge in [0, 0.05) is 26.4 Å². The molecular formula is C25H24N4O4S. The number of thioether (sulfide) groups is 1. The number of hydrogen-bond acceptors (Lipinski definition) is 9. The molecule has 9 heteroatoms. The maximum atomic E-state index is 12.6. The van der Waals surface area contributed by atoms with Gasteiger partial charge in [-0.05, 0) is 37.4 Å². The second-order valence-corrected chi connectivity index (χ2v) is 8.04. The third kappa shape index (κ3) is 5.85. The number of aromatic nitrogens is 2. The van der Waals surface area contributed by atoms with Crippen LogP contribution < -0.4 is 9.47 Å². The maximum absolute atomic E-state index is 12.6. The van der Waals surface area contributed by atoms with Crippen LogP contribution >= 0.6 is 11.8 Å². The minimum atomic E-state index is -0.536. The van der Waals surface area contributed by atoms with Crippen LogP contribution in [0.1, 0.15) is 17.0 Å². The highest BCUT2D eigenvalue weighted by atomic mass is 32.2. The summed E-state index contributed by atoms with van der Waals surface area (Å²) in [6.45, 7) is 1.75. The molecule has 0 radical (unpaired) electrons. The fraction of sp³-hybridized carbons (Fsp3) is 0.200. The Hall–Kier alpha value is -4.03. The Labute approximate surface area is 202 Å². The van der Waals surface area contributed by atoms with Crippen molar-refractivity contribution >= 4 is 23.3 Å². The van der Waals surface area contributed by atoms with Crippen LogP contribution in [0.15, 0.2) is 59.8 Å². The normalized spacial score (nSPS) is 10.9. The first-order valence-corrected chi connectivity index (χ1v) is 11.4. The minimum Gasteiger partial charge on any atom is -0.465 e. The Bertz CT molecular complexity index is 1270. The summed E-state index contributed by atoms with van der Waals surface area (Å²) in [6.07, 6.45) is 3.51. The SMILES string of the molecule is COC(=O)/C(=C/N(C)C)c1c(Oc2cccc(Oc3ccccc3C#N)c2)nc(C)nc1SC. The summed E-state index contributed by atoms with van der Waals surface area (Å²) in [6, 6.07) is 16.0. The zero-order valence-electron chi connectivity index (χ0n) is 19.5. The Morgan fingerprint density at radius 1 is 1.09 bits per heavy atom. The summed E-state index contributed by atoms with van der Waals surface area (Å²) in [7, 11) is 4.93. The van der Waals surface area contributed by atoms with E-state index < -0.39 is 5.97 Å². The van der Waals surface area contributed by atoms with Crippen LogP contribution in [0.2, 0.25) is 0 Å². The standard InChI is InChI=1S/C25H24N4O4S/c1-16-27-23(22(24(28-16)34-5)20(15-29(2)3)25(30)31-4)33-19-11-8-10-18(13-19)32-21-12-7-6-9-17(21)14-26/h6-13,15H,1-5H3/b20-15+. The fourth-order valence-corrected chi connectivity index (χ4v) is 3.67. The van der Waals surface area contributed by atoms with Gasteiger partial charge in [0.15, 0.2) is 0 Å². The van der Waals surface area contributed by atoms with Crippen LogP contribution in [0.4, 0.5) is 0 Å². The van der Waals surface area contributed by atoms with E-state index in [9.17, 15) is 10.1 Å². The fourth-order valence-electron chi connectivity index (χ4n) is 3.05. The highest BCUT2D eigenvalue weighted by molar-refractivity contribution is 7.98. The number of nitrogens with zero attached hydrogens (tertiary/aromatic N) is 4. The Balaban J connectivity index is 2.05. The molecule has 34 heavy (non-hydrogen) atoms. The van der Waals surface area contributed by atoms with Gasteiger partial charge in [0.25, 0.3) is 0 Å². The highest BCUT2D eigenvalue weighted by Crippen LogP contribution is 2.37. The molecule has 0 spiro atoms. The molecule has 0 unspecified atom stereocenters. The van der Waals surface area contributed by atoms with Crippen molar-refractivity contribution in [3.8, 4) is 29.2 Å². The molecule has 0 fully saturated rings. The molecule has 8 nitrogen and oxygen atoms in total. The Morgan fingerprint density at radius 2 is 1.79 bits per heavy atom. The van der Waals surface area contributed by atoms with Gasteiger partial charge in [0.2, 0.25) is 5.88 Å². The first-order valence-electron chi connectivity index (χ1n) is 10.2. The van der Waals surface area contributed by atoms with E-state index in [1.165, 1.54) is 18.9 Å². The van der Waals surface area contributed by atoms with Crippen molar-refractivity contribution in [3.05, 3.63) is 71.7 Å². The average molecular weight is 477 g/mol. The van der Waals surface area contributed by atoms with Gasteiger partial charge in [0.05, 0.1) is 23.8 Å². The van der Waals surface area contributed by atoms with E-state index in [1.54, 1.807) is 80.6 Å². The Morgan fingerprint density at radius 3 is 2.44 bits per heavy atom. The van der Waals surface area contributed by atoms with Crippen LogP contribution in [-0.2, 0) is 9.53 Å². The van der Waals surface area contributed by atoms with E-state index in [-0.39, 0.29) is 11.5 Å². The minimum absolute atomic E-state index is 0.213. The monoisotopic (exact) mass is 476 g/mol. The van der Waals surface area contributed by atoms with Crippen molar-refractivity contribution < 1.29 is 19.0 Å². The van der Waals surface area contributed by atoms with E-state index in [0.717, 1.165) is 0 Å². The van der Waals surface area contributed by atoms with Crippen molar-refractivity contribution in [2.75, 3.05) is 27.5 Å². The van der Waals surface area contributed by atoms with Crippen LogP contribution in [0.3, 0.4) is 0 Å². The van der Waals surface area contributed by atoms with Gasteiger partial charge in [-0.25, -0.2) is 9.78 Å². The van der Waals surface area contributed by atoms with Crippen LogP contribution in [-0.4, -0.2) is 48.3 Å². The molecule has 174 valence electrons. The van der Waals surface area contributed by atoms with Crippen molar-refractivity contribution in [2.45, 2.75) is 11.9 Å². The number of ether oxygens (including phenoxy) is 3. The second-order valence-electron chi connectivity index (χ2n) is 7.25. The van der Waals surface area contributed by atoms with Crippen molar-refractivity contribution in [2.24, 2.45) is 0 Å². The van der Waals surface area contributed by atoms with E-state index in [4.69, 9.17) is 14.2 Å². The number of esters is 1. The van der Waals surface area contributed by atoms with E-state index in [0.29, 0.717) is 39.2 Å². The molecule has 1 heterocycles. The number of carbonyl (C=O) groups excluding carboxylic acids is 1. The maximum Gasteiger partial charge on any atom is 0.340 e. The van der Waals surface area contributed by atoms with Gasteiger partial charge >= 0.3 is 5.97 Å². The third-order valence-corrected chi connectivity index (χ3v) is 5.15. The van der Waals surface area contributed by atoms with Crippen molar-refractivity contribution in [1.29, 1.82) is 5.26 Å². The van der Waals surface area contributed by atoms with E-state index >= 15 is 0 Å². The number of para-hydroxylation sites is 1. The largest absolute Gasteiger partial charge is 0.465 e. The Kier molecular flexibility index (Phi) is 8.11. The summed E-state index contributed by atoms with van der Waals surface area (Å²) in [5, 5.41) is 9.89. The molecule has 3 aromatic rings. The average Bonchev–Trinajstić information content (AvgIpc) is 2.82. The first kappa shape index (κ1) is 24.6. The number of hydrogen-bond donors (Lipinski definition) is 0. The molecule has 1 aromatic heterocycles. The molecule has 0 atom stereocenters. The van der Waals surface area contributed by atoms with Crippen molar-refractivity contribution in [1.82, 2.24) is 14.9 Å². The van der Waals surface area contributed by atoms with Crippen LogP contribution in [0.25, 0.3) is 5.57 Å². The summed E-state index contributed by atoms with van der Waals surface area (Å²) in [4.78, 5) is 23.3. The zero-order chi connectivity index (χ0) is 24.7. The smallest absolute Gasteiger partial charge is 0.340 e. The predicted molar refractivity (Wildman–Crippen MR) is 130 cm³/mol. The molecule has 0 saturated carbocycles. The predicted octanol–water partition coefficient (Wildman–Crippen LogP) is 5.04. The zero-order valence-corrected chi connectivity index (χ0v) is 20.3. The number of aryl methyl sites for hydroxylation is 1. The molecule has 0 saturated heterocycles. The van der Waals surface area contributed by atoms with Crippen LogP contribution in [0.5, 0.6) is 23.1 Å². The molecule has 0 aliphatic heterocycles. The van der Waals surface area contributed by atoms with Gasteiger partial charge in [-0.1, -0.05) is 18.2 Å². The second kappa shape index (κ2) is 11.2. The van der Waals surface area contributed by atoms with E-state index in [1.807, 2.05) is 6.26 Å². The van der Waals surface area contributed by atoms with Gasteiger partial charge in [-0.2, -0.15) is 10.2 Å². The lowest BCUT2D eigenvalue weighted by Crippen LogP contribution is -2.13. The summed E-state index contributed by atoms with van der Waals surface area (Å²) >= 11 is 1.37. The lowest BCUT2D eigenvalue weighted by molar-refractivity contribution is -0.133. The topological polar surface area (TPSA) is 97.6 Å². The number of nitriles is 1. The summed E-state index contributed by atoms with van der Waals surface area (Å²) in [5.41, 5.74) is 1.12. The van der Waals surface area contributed by atoms with E-state index in [2.05, 4.69) is 16.0 Å². The van der Waals surface area contributed by atoms with Crippen molar-refractivity contribution in [3.63, 3.8) is 0 Å². The third-order valence-electron chi connectivity index (χ3n) is 4.47. The summed E-state index contributed by atoms with van der Waals surface area (Å²) < 4.78 is 17.1. The number of rotatable bonds is 8. The molecular weight excluding hydrogens is 452 g/mol. The lowest BCUT2D eigenvalue weighted by Gasteiger charge is -2.17. The lowest BCUT2D eigenvalue weighted by atomic mass is 10.1. The molecule has 3 rings (SSSR count). The molecule has 0 aliphatic rings. The highest BCUT2D eigenvalue weighted by Gasteiger charge is 2.25. The number of benzene rings is 2. The molecule has 0 aliphatic carbocycles. The number of methoxy groups -OCH3 is 1. The first-order chi connectivity index (χ1) is 16.4. The van der Waals surface area contributed by atoms with Gasteiger partial charge < -0.3 is 19.1 Å². The molecule has 2 aromatic carbocycles. The summed E-state index contributed by atoms with van der Waals surface area (Å²) in [5.74, 6) is 1.53.